The van der Waals surface area contributed by atoms with E-state index in [-0.39, 0.29) is 5.56 Å². The maximum absolute atomic E-state index is 11.9. The van der Waals surface area contributed by atoms with Crippen LogP contribution in [0.1, 0.15) is 45.4 Å². The van der Waals surface area contributed by atoms with Gasteiger partial charge in [0.15, 0.2) is 0 Å². The molecule has 3 heteroatoms. The zero-order chi connectivity index (χ0) is 11.6. The van der Waals surface area contributed by atoms with Crippen LogP contribution in [-0.4, -0.2) is 4.98 Å². The summed E-state index contributed by atoms with van der Waals surface area (Å²) in [5.41, 5.74) is 0.731. The van der Waals surface area contributed by atoms with Gasteiger partial charge in [-0.25, -0.2) is 8.78 Å². The molecule has 0 radical (unpaired) electrons. The highest BCUT2D eigenvalue weighted by Crippen LogP contribution is 2.16. The Labute approximate surface area is 85.2 Å². The number of aryl methyl sites for hydroxylation is 1. The zero-order valence-corrected chi connectivity index (χ0v) is 9.51. The molecule has 0 amide bonds. The minimum atomic E-state index is -2.41. The first kappa shape index (κ1) is 15.5. The van der Waals surface area contributed by atoms with Gasteiger partial charge in [0.05, 0.1) is 0 Å². The second-order valence-corrected chi connectivity index (χ2v) is 2.03. The van der Waals surface area contributed by atoms with Crippen molar-refractivity contribution in [3.8, 4) is 0 Å². The molecule has 0 N–H and O–H groups in total. The fourth-order valence-electron chi connectivity index (χ4n) is 0.608. The fourth-order valence-corrected chi connectivity index (χ4v) is 0.608. The lowest BCUT2D eigenvalue weighted by Crippen LogP contribution is -1.86. The summed E-state index contributed by atoms with van der Waals surface area (Å²) in [6, 6.07) is 2.95. The Bertz CT molecular complexity index is 207. The van der Waals surface area contributed by atoms with Gasteiger partial charge in [0.1, 0.15) is 0 Å². The summed E-state index contributed by atoms with van der Waals surface area (Å²) in [5, 5.41) is 0. The van der Waals surface area contributed by atoms with Crippen LogP contribution in [0.2, 0.25) is 0 Å². The Balaban J connectivity index is 0. The van der Waals surface area contributed by atoms with E-state index < -0.39 is 6.43 Å². The highest BCUT2D eigenvalue weighted by molar-refractivity contribution is 5.13. The summed E-state index contributed by atoms with van der Waals surface area (Å²) in [6.07, 6.45) is -1.21. The molecule has 82 valence electrons. The first-order chi connectivity index (χ1) is 6.70. The molecule has 1 aromatic rings. The molecule has 14 heavy (non-hydrogen) atoms. The third kappa shape index (κ3) is 6.52. The quantitative estimate of drug-likeness (QED) is 0.660. The van der Waals surface area contributed by atoms with Crippen LogP contribution in [0.4, 0.5) is 8.78 Å². The number of aromatic nitrogens is 1. The second-order valence-electron chi connectivity index (χ2n) is 2.03. The molecule has 1 aromatic heterocycles. The Morgan fingerprint density at radius 1 is 1.07 bits per heavy atom. The van der Waals surface area contributed by atoms with Crippen molar-refractivity contribution in [2.45, 2.75) is 41.0 Å². The van der Waals surface area contributed by atoms with Crippen LogP contribution in [0.25, 0.3) is 0 Å². The Kier molecular flexibility index (Phi) is 11.2. The van der Waals surface area contributed by atoms with E-state index in [1.54, 1.807) is 13.0 Å². The molecule has 1 heterocycles. The number of hydrogen-bond donors (Lipinski definition) is 0. The van der Waals surface area contributed by atoms with Crippen LogP contribution in [0.5, 0.6) is 0 Å². The minimum absolute atomic E-state index is 0.0226. The zero-order valence-electron chi connectivity index (χ0n) is 9.51. The van der Waals surface area contributed by atoms with E-state index >= 15 is 0 Å². The number of rotatable bonds is 1. The van der Waals surface area contributed by atoms with Crippen molar-refractivity contribution in [2.75, 3.05) is 0 Å². The maximum atomic E-state index is 11.9. The van der Waals surface area contributed by atoms with Crippen molar-refractivity contribution in [1.82, 2.24) is 4.98 Å². The second kappa shape index (κ2) is 10.1. The molecule has 0 aliphatic heterocycles. The molecular weight excluding hydrogens is 184 g/mol. The third-order valence-electron chi connectivity index (χ3n) is 1.19. The lowest BCUT2D eigenvalue weighted by Gasteiger charge is -1.96. The molecule has 0 unspecified atom stereocenters. The van der Waals surface area contributed by atoms with Gasteiger partial charge in [-0.05, 0) is 13.0 Å². The van der Waals surface area contributed by atoms with Crippen LogP contribution in [0.15, 0.2) is 18.3 Å². The van der Waals surface area contributed by atoms with Gasteiger partial charge >= 0.3 is 0 Å². The summed E-state index contributed by atoms with van der Waals surface area (Å²) in [7, 11) is 0. The topological polar surface area (TPSA) is 12.9 Å². The molecule has 1 nitrogen and oxygen atoms in total. The van der Waals surface area contributed by atoms with Gasteiger partial charge in [0.25, 0.3) is 6.43 Å². The fraction of sp³-hybridized carbons (Fsp3) is 0.545. The van der Waals surface area contributed by atoms with Crippen molar-refractivity contribution in [3.63, 3.8) is 0 Å². The van der Waals surface area contributed by atoms with Crippen LogP contribution in [0, 0.1) is 6.92 Å². The van der Waals surface area contributed by atoms with E-state index in [2.05, 4.69) is 4.98 Å². The number of hydrogen-bond acceptors (Lipinski definition) is 1. The molecule has 0 bridgehead atoms. The molecule has 0 aliphatic carbocycles. The Hall–Kier alpha value is -0.990. The summed E-state index contributed by atoms with van der Waals surface area (Å²) < 4.78 is 23.7. The van der Waals surface area contributed by atoms with Gasteiger partial charge in [-0.15, -0.1) is 0 Å². The van der Waals surface area contributed by atoms with Crippen molar-refractivity contribution in [1.29, 1.82) is 0 Å². The molecule has 0 atom stereocenters. The van der Waals surface area contributed by atoms with Gasteiger partial charge in [0, 0.05) is 17.5 Å². The average Bonchev–Trinajstić information content (AvgIpc) is 2.24. The summed E-state index contributed by atoms with van der Waals surface area (Å²) in [5.74, 6) is 0. The van der Waals surface area contributed by atoms with Gasteiger partial charge < -0.3 is 0 Å². The monoisotopic (exact) mass is 203 g/mol. The van der Waals surface area contributed by atoms with Crippen molar-refractivity contribution < 1.29 is 8.78 Å². The van der Waals surface area contributed by atoms with Gasteiger partial charge in [-0.3, -0.25) is 4.98 Å². The third-order valence-corrected chi connectivity index (χ3v) is 1.19. The molecular formula is C11H19F2N. The van der Waals surface area contributed by atoms with E-state index in [0.29, 0.717) is 0 Å². The average molecular weight is 203 g/mol. The molecule has 0 aromatic carbocycles. The van der Waals surface area contributed by atoms with Crippen molar-refractivity contribution in [3.05, 3.63) is 29.6 Å². The number of pyridine rings is 1. The summed E-state index contributed by atoms with van der Waals surface area (Å²) in [6.45, 7) is 9.76. The van der Waals surface area contributed by atoms with Gasteiger partial charge in [0.2, 0.25) is 0 Å². The summed E-state index contributed by atoms with van der Waals surface area (Å²) >= 11 is 0. The van der Waals surface area contributed by atoms with E-state index in [0.717, 1.165) is 5.69 Å². The standard InChI is InChI=1S/C7H7F2N.2C2H6/c1-5-2-3-6(4-10-5)7(8)9;2*1-2/h2-4,7H,1H3;2*1-2H3. The molecule has 0 saturated carbocycles. The predicted molar refractivity (Wildman–Crippen MR) is 56.6 cm³/mol. The van der Waals surface area contributed by atoms with E-state index in [1.807, 2.05) is 27.7 Å². The SMILES string of the molecule is CC.CC.Cc1ccc(C(F)F)cn1. The van der Waals surface area contributed by atoms with E-state index in [4.69, 9.17) is 0 Å². The van der Waals surface area contributed by atoms with Crippen molar-refractivity contribution >= 4 is 0 Å². The van der Waals surface area contributed by atoms with Crippen LogP contribution in [-0.2, 0) is 0 Å². The molecule has 0 fully saturated rings. The molecule has 0 aliphatic rings. The highest BCUT2D eigenvalue weighted by Gasteiger charge is 2.04. The van der Waals surface area contributed by atoms with Crippen LogP contribution >= 0.6 is 0 Å². The smallest absolute Gasteiger partial charge is 0.261 e. The van der Waals surface area contributed by atoms with Crippen LogP contribution < -0.4 is 0 Å². The number of alkyl halides is 2. The molecule has 0 saturated heterocycles. The summed E-state index contributed by atoms with van der Waals surface area (Å²) in [4.78, 5) is 3.72. The first-order valence-corrected chi connectivity index (χ1v) is 4.91. The van der Waals surface area contributed by atoms with E-state index in [9.17, 15) is 8.78 Å². The Morgan fingerprint density at radius 2 is 1.57 bits per heavy atom. The van der Waals surface area contributed by atoms with Gasteiger partial charge in [-0.1, -0.05) is 33.8 Å². The maximum Gasteiger partial charge on any atom is 0.265 e. The number of halogens is 2. The molecule has 0 spiro atoms. The largest absolute Gasteiger partial charge is 0.265 e. The lowest BCUT2D eigenvalue weighted by molar-refractivity contribution is 0.151. The predicted octanol–water partition coefficient (Wildman–Crippen LogP) is 4.38. The van der Waals surface area contributed by atoms with E-state index in [1.165, 1.54) is 12.3 Å². The number of nitrogens with zero attached hydrogens (tertiary/aromatic N) is 1. The first-order valence-electron chi connectivity index (χ1n) is 4.91. The minimum Gasteiger partial charge on any atom is -0.261 e. The molecule has 1 rings (SSSR count). The highest BCUT2D eigenvalue weighted by atomic mass is 19.3. The normalized spacial score (nSPS) is 8.29. The lowest BCUT2D eigenvalue weighted by atomic mass is 10.3. The van der Waals surface area contributed by atoms with Crippen LogP contribution in [0.3, 0.4) is 0 Å². The van der Waals surface area contributed by atoms with Gasteiger partial charge in [-0.2, -0.15) is 0 Å². The van der Waals surface area contributed by atoms with Crippen molar-refractivity contribution in [2.24, 2.45) is 0 Å². The Morgan fingerprint density at radius 3 is 1.86 bits per heavy atom.